The van der Waals surface area contributed by atoms with E-state index in [1.807, 2.05) is 13.0 Å². The molecule has 2 saturated heterocycles. The highest BCUT2D eigenvalue weighted by atomic mass is 32.2. The number of aromatic amines is 1. The maximum atomic E-state index is 14.3. The van der Waals surface area contributed by atoms with Crippen LogP contribution in [-0.2, 0) is 14.8 Å². The van der Waals surface area contributed by atoms with Crippen LogP contribution in [0.25, 0.3) is 11.0 Å². The average molecular weight is 992 g/mol. The van der Waals surface area contributed by atoms with Crippen LogP contribution in [0.1, 0.15) is 119 Å². The van der Waals surface area contributed by atoms with Crippen molar-refractivity contribution < 1.29 is 42.2 Å². The fraction of sp³-hybridized carbons (Fsp3) is 0.509. The van der Waals surface area contributed by atoms with Gasteiger partial charge in [-0.1, -0.05) is 45.0 Å². The third kappa shape index (κ3) is 10.00. The second kappa shape index (κ2) is 19.6. The third-order valence-electron chi connectivity index (χ3n) is 15.7. The van der Waals surface area contributed by atoms with E-state index in [1.165, 1.54) is 17.2 Å². The molecule has 0 unspecified atom stereocenters. The molecule has 2 aliphatic carbocycles. The highest BCUT2D eigenvalue weighted by molar-refractivity contribution is 7.90. The number of H-pyrrole nitrogens is 1. The molecule has 18 heteroatoms. The van der Waals surface area contributed by atoms with E-state index >= 15 is 0 Å². The number of morpholine rings is 1. The van der Waals surface area contributed by atoms with Gasteiger partial charge in [-0.15, -0.1) is 0 Å². The maximum absolute atomic E-state index is 14.3. The number of nitrogens with one attached hydrogen (secondary N) is 3. The van der Waals surface area contributed by atoms with Gasteiger partial charge in [-0.05, 0) is 117 Å². The number of aliphatic hydroxyl groups is 1. The number of hydrogen-bond donors (Lipinski definition) is 4. The molecule has 5 aliphatic rings. The molecule has 2 saturated carbocycles. The van der Waals surface area contributed by atoms with Gasteiger partial charge < -0.3 is 39.3 Å². The van der Waals surface area contributed by atoms with Crippen molar-refractivity contribution in [1.82, 2.24) is 19.6 Å². The van der Waals surface area contributed by atoms with Crippen molar-refractivity contribution in [2.75, 3.05) is 56.3 Å². The van der Waals surface area contributed by atoms with Crippen LogP contribution >= 0.6 is 0 Å². The molecule has 0 bridgehead atoms. The first-order valence-corrected chi connectivity index (χ1v) is 26.7. The van der Waals surface area contributed by atoms with Crippen LogP contribution in [0.15, 0.2) is 77.8 Å². The molecule has 5 aromatic rings. The van der Waals surface area contributed by atoms with E-state index in [1.54, 1.807) is 37.4 Å². The largest absolute Gasteiger partial charge is 0.489 e. The third-order valence-corrected chi connectivity index (χ3v) is 17.0. The lowest BCUT2D eigenvalue weighted by Gasteiger charge is -2.57. The molecule has 0 radical (unpaired) electrons. The van der Waals surface area contributed by atoms with Crippen LogP contribution < -0.4 is 29.1 Å². The summed E-state index contributed by atoms with van der Waals surface area (Å²) in [6.45, 7) is 12.7. The highest BCUT2D eigenvalue weighted by Gasteiger charge is 2.50. The quantitative estimate of drug-likeness (QED) is 0.0604. The molecule has 17 nitrogen and oxygen atoms in total. The molecular weight excluding hydrogens is 927 g/mol. The Balaban J connectivity index is 0.887. The topological polar surface area (TPSA) is 211 Å². The van der Waals surface area contributed by atoms with Crippen LogP contribution in [0.5, 0.6) is 23.1 Å². The second-order valence-electron chi connectivity index (χ2n) is 20.9. The second-order valence-corrected chi connectivity index (χ2v) is 22.6. The van der Waals surface area contributed by atoms with Gasteiger partial charge in [0.1, 0.15) is 18.0 Å². The molecule has 3 aliphatic heterocycles. The molecule has 2 atom stereocenters. The summed E-state index contributed by atoms with van der Waals surface area (Å²) in [6, 6.07) is 20.1. The summed E-state index contributed by atoms with van der Waals surface area (Å²) in [5.74, 6) is 0.0316. The number of nitrogens with zero attached hydrogens (tertiary/aromatic N) is 4. The zero-order valence-corrected chi connectivity index (χ0v) is 41.8. The zero-order chi connectivity index (χ0) is 49.7. The van der Waals surface area contributed by atoms with E-state index < -0.39 is 37.0 Å². The van der Waals surface area contributed by atoms with Crippen LogP contribution in [0.4, 0.5) is 17.1 Å². The van der Waals surface area contributed by atoms with Gasteiger partial charge in [0.15, 0.2) is 17.2 Å². The Morgan fingerprint density at radius 1 is 1.01 bits per heavy atom. The van der Waals surface area contributed by atoms with Crippen molar-refractivity contribution in [3.63, 3.8) is 0 Å². The van der Waals surface area contributed by atoms with Crippen molar-refractivity contribution in [2.45, 2.75) is 120 Å². The minimum absolute atomic E-state index is 0.00912. The summed E-state index contributed by atoms with van der Waals surface area (Å²) >= 11 is 0. The number of aromatic nitrogens is 2. The number of nitro benzene ring substituents is 1. The molecule has 1 spiro atoms. The molecule has 1 amide bonds. The van der Waals surface area contributed by atoms with E-state index in [0.29, 0.717) is 62.9 Å². The Hall–Kier alpha value is -5.95. The van der Waals surface area contributed by atoms with Gasteiger partial charge >= 0.3 is 0 Å². The number of benzene rings is 3. The van der Waals surface area contributed by atoms with Crippen LogP contribution in [0.2, 0.25) is 0 Å². The van der Waals surface area contributed by atoms with Gasteiger partial charge in [0.05, 0.1) is 52.9 Å². The summed E-state index contributed by atoms with van der Waals surface area (Å²) in [4.78, 5) is 38.4. The molecule has 10 rings (SSSR count). The number of carbonyl (C=O) groups excluding carboxylic acids is 1. The van der Waals surface area contributed by atoms with Crippen molar-refractivity contribution in [3.8, 4) is 23.1 Å². The summed E-state index contributed by atoms with van der Waals surface area (Å²) in [5.41, 5.74) is 3.11. The van der Waals surface area contributed by atoms with Gasteiger partial charge in [0.25, 0.3) is 27.5 Å². The van der Waals surface area contributed by atoms with Crippen molar-refractivity contribution in [1.29, 1.82) is 0 Å². The minimum Gasteiger partial charge on any atom is -0.489 e. The van der Waals surface area contributed by atoms with E-state index in [2.05, 4.69) is 67.9 Å². The zero-order valence-electron chi connectivity index (χ0n) is 40.9. The van der Waals surface area contributed by atoms with E-state index in [-0.39, 0.29) is 64.4 Å². The number of carbonyl (C=O) groups is 1. The molecule has 4 N–H and O–H groups in total. The molecule has 2 aromatic heterocycles. The molecule has 378 valence electrons. The first kappa shape index (κ1) is 48.7. The fourth-order valence-corrected chi connectivity index (χ4v) is 12.6. The summed E-state index contributed by atoms with van der Waals surface area (Å²) in [6.07, 6.45) is 9.30. The molecule has 4 fully saturated rings. The van der Waals surface area contributed by atoms with Gasteiger partial charge in [-0.25, -0.2) is 13.1 Å². The molecule has 3 aromatic carbocycles. The summed E-state index contributed by atoms with van der Waals surface area (Å²) in [7, 11) is -4.71. The van der Waals surface area contributed by atoms with Crippen molar-refractivity contribution in [2.24, 2.45) is 11.3 Å². The van der Waals surface area contributed by atoms with Crippen LogP contribution in [-0.4, -0.2) is 103 Å². The Kier molecular flexibility index (Phi) is 13.4. The first-order chi connectivity index (χ1) is 34.1. The number of pyridine rings is 1. The highest BCUT2D eigenvalue weighted by Crippen LogP contribution is 2.53. The number of ether oxygens (including phenoxy) is 4. The van der Waals surface area contributed by atoms with Gasteiger partial charge in [0.2, 0.25) is 0 Å². The molecule has 71 heavy (non-hydrogen) atoms. The van der Waals surface area contributed by atoms with E-state index in [0.717, 1.165) is 69.1 Å². The summed E-state index contributed by atoms with van der Waals surface area (Å²) in [5, 5.41) is 26.9. The standard InChI is InChI=1S/C53H65N7O10S/c1-5-23-68-51-47(25-35-14-19-54-49(35)56-51)70-45-26-36(58-20-17-53(18-21-58)29-37(30-53)59-22-24-67-32-44(59)40-9-7-6-8-39(40)33(2)3)10-11-41(45)50(61)57-71(65,66)38-27-43(60(63)64)48-46(28-38)69-31-42(55-48)34-12-15-52(4,62)16-13-34/h6-11,14,19,25-28,33-34,37,42,44,55,62H,5,12-13,15-18,20-24,29-32H2,1-4H3,(H,54,56)(H,57,61)/t34-,42-,44+,52-/m1/s1. The smallest absolute Gasteiger partial charge is 0.297 e. The summed E-state index contributed by atoms with van der Waals surface area (Å²) < 4.78 is 55.1. The van der Waals surface area contributed by atoms with Crippen molar-refractivity contribution in [3.05, 3.63) is 99.7 Å². The number of piperidine rings is 1. The lowest BCUT2D eigenvalue weighted by atomic mass is 9.59. The molecule has 5 heterocycles. The van der Waals surface area contributed by atoms with Crippen LogP contribution in [0.3, 0.4) is 0 Å². The van der Waals surface area contributed by atoms with Gasteiger partial charge in [-0.2, -0.15) is 4.98 Å². The molecular formula is C53H65N7O10S. The van der Waals surface area contributed by atoms with Gasteiger partial charge in [-0.3, -0.25) is 19.8 Å². The fourth-order valence-electron chi connectivity index (χ4n) is 11.6. The number of sulfonamides is 1. The minimum atomic E-state index is -4.71. The Morgan fingerprint density at radius 2 is 1.79 bits per heavy atom. The number of amides is 1. The SMILES string of the molecule is CCCOc1nc2[nH]ccc2cc1Oc1cc(N2CCC3(CC2)CC(N2CCOC[C@H]2c2ccccc2C(C)C)C3)ccc1C(=O)NS(=O)(=O)c1cc2c(c([N+](=O)[O-])c1)N[C@@H]([C@H]1CC[C@](C)(O)CC1)CO2. The normalized spacial score (nSPS) is 23.6. The van der Waals surface area contributed by atoms with E-state index in [9.17, 15) is 28.4 Å². The van der Waals surface area contributed by atoms with Gasteiger partial charge in [0, 0.05) is 61.1 Å². The number of anilines is 2. The number of nitro groups is 1. The lowest BCUT2D eigenvalue weighted by molar-refractivity contribution is -0.384. The van der Waals surface area contributed by atoms with Crippen LogP contribution in [0, 0.1) is 21.4 Å². The Labute approximate surface area is 414 Å². The predicted molar refractivity (Wildman–Crippen MR) is 269 cm³/mol. The van der Waals surface area contributed by atoms with Crippen molar-refractivity contribution >= 4 is 44.0 Å². The Morgan fingerprint density at radius 3 is 2.54 bits per heavy atom. The number of rotatable bonds is 14. The predicted octanol–water partition coefficient (Wildman–Crippen LogP) is 9.23. The monoisotopic (exact) mass is 991 g/mol. The lowest BCUT2D eigenvalue weighted by Crippen LogP contribution is -2.58. The maximum Gasteiger partial charge on any atom is 0.297 e. The average Bonchev–Trinajstić information content (AvgIpc) is 3.81. The first-order valence-electron chi connectivity index (χ1n) is 25.2. The van der Waals surface area contributed by atoms with E-state index in [4.69, 9.17) is 18.9 Å². The number of fused-ring (bicyclic) bond motifs is 2. The number of hydrogen-bond acceptors (Lipinski definition) is 14. The Bertz CT molecular complexity index is 2900.